The first kappa shape index (κ1) is 34.7. The summed E-state index contributed by atoms with van der Waals surface area (Å²) in [6, 6.07) is 16.7. The molecule has 3 aromatic rings. The Balaban J connectivity index is 0.000000466. The van der Waals surface area contributed by atoms with Gasteiger partial charge < -0.3 is 5.11 Å². The van der Waals surface area contributed by atoms with Crippen LogP contribution in [0.25, 0.3) is 22.2 Å². The summed E-state index contributed by atoms with van der Waals surface area (Å²) < 4.78 is 0. The fourth-order valence-corrected chi connectivity index (χ4v) is 4.48. The molecular weight excluding hydrogens is 659 g/mol. The number of carbonyl (C=O) groups excluding carboxylic acids is 1. The van der Waals surface area contributed by atoms with Crippen LogP contribution in [-0.2, 0) is 31.3 Å². The number of pyridine rings is 1. The van der Waals surface area contributed by atoms with Crippen molar-refractivity contribution in [2.24, 2.45) is 10.8 Å². The number of hydrogen-bond acceptors (Lipinski definition) is 3. The van der Waals surface area contributed by atoms with Gasteiger partial charge in [-0.1, -0.05) is 94.4 Å². The van der Waals surface area contributed by atoms with Crippen molar-refractivity contribution in [3.8, 4) is 11.3 Å². The van der Waals surface area contributed by atoms with E-state index in [1.807, 2.05) is 41.5 Å². The topological polar surface area (TPSA) is 50.2 Å². The fraction of sp³-hybridized carbons (Fsp3) is 0.486. The largest absolute Gasteiger partial charge is 0.512 e. The maximum atomic E-state index is 11.5. The molecule has 3 nitrogen and oxygen atoms in total. The maximum Gasteiger partial charge on any atom is 0.164 e. The Bertz CT molecular complexity index is 1270. The second-order valence-electron chi connectivity index (χ2n) is 12.4. The van der Waals surface area contributed by atoms with Gasteiger partial charge in [0.2, 0.25) is 0 Å². The Morgan fingerprint density at radius 3 is 2.08 bits per heavy atom. The van der Waals surface area contributed by atoms with E-state index in [1.54, 1.807) is 0 Å². The van der Waals surface area contributed by atoms with E-state index in [2.05, 4.69) is 77.1 Å². The van der Waals surface area contributed by atoms with Crippen LogP contribution < -0.4 is 0 Å². The molecular formula is C35H48IrNO2-. The van der Waals surface area contributed by atoms with E-state index in [4.69, 9.17) is 4.98 Å². The standard InChI is InChI=1S/C24H28N.C11H20O2.Ir/c1-6-18(7-2)21-10-9-11-22-24(21)19(8-3)15-23(25-22)20-13-16(4)12-17(5)14-20;1-10(2,3)8(12)7-9(13)11(4,5)6;/h9-13,15,18H,6-8H2,1-5H3;7,12H,1-6H3;/q-1;;/b;8-7-;. The van der Waals surface area contributed by atoms with Gasteiger partial charge in [-0.25, -0.2) is 0 Å². The third-order valence-electron chi connectivity index (χ3n) is 6.95. The number of allylic oxidation sites excluding steroid dienone is 2. The zero-order valence-corrected chi connectivity index (χ0v) is 28.3. The van der Waals surface area contributed by atoms with Crippen LogP contribution in [0.2, 0.25) is 0 Å². The number of aromatic nitrogens is 1. The molecule has 0 bridgehead atoms. The van der Waals surface area contributed by atoms with E-state index in [-0.39, 0.29) is 37.1 Å². The summed E-state index contributed by atoms with van der Waals surface area (Å²) in [5.41, 5.74) is 7.78. The molecule has 0 saturated heterocycles. The number of aryl methyl sites for hydroxylation is 3. The zero-order valence-electron chi connectivity index (χ0n) is 25.9. The second-order valence-corrected chi connectivity index (χ2v) is 12.4. The molecule has 0 amide bonds. The minimum Gasteiger partial charge on any atom is -0.512 e. The van der Waals surface area contributed by atoms with E-state index in [1.165, 1.54) is 46.6 Å². The van der Waals surface area contributed by atoms with Crippen LogP contribution >= 0.6 is 0 Å². The number of nitrogens with zero attached hydrogens (tertiary/aromatic N) is 1. The van der Waals surface area contributed by atoms with Crippen molar-refractivity contribution in [1.82, 2.24) is 4.98 Å². The molecule has 2 aromatic carbocycles. The summed E-state index contributed by atoms with van der Waals surface area (Å²) in [5.74, 6) is 0.710. The summed E-state index contributed by atoms with van der Waals surface area (Å²) in [6.45, 7) is 22.2. The molecule has 39 heavy (non-hydrogen) atoms. The number of ketones is 1. The van der Waals surface area contributed by atoms with Crippen molar-refractivity contribution in [3.05, 3.63) is 76.6 Å². The van der Waals surface area contributed by atoms with Crippen LogP contribution in [-0.4, -0.2) is 15.9 Å². The number of aliphatic hydroxyl groups is 1. The Kier molecular flexibility index (Phi) is 12.8. The number of aliphatic hydroxyl groups excluding tert-OH is 1. The second kappa shape index (κ2) is 14.4. The maximum absolute atomic E-state index is 11.5. The van der Waals surface area contributed by atoms with Crippen molar-refractivity contribution in [3.63, 3.8) is 0 Å². The molecule has 0 aliphatic heterocycles. The van der Waals surface area contributed by atoms with E-state index < -0.39 is 5.41 Å². The van der Waals surface area contributed by atoms with Gasteiger partial charge in [0.1, 0.15) is 5.76 Å². The average molecular weight is 707 g/mol. The van der Waals surface area contributed by atoms with Crippen molar-refractivity contribution < 1.29 is 30.0 Å². The van der Waals surface area contributed by atoms with Gasteiger partial charge in [0.05, 0.1) is 5.52 Å². The van der Waals surface area contributed by atoms with Crippen LogP contribution in [0, 0.1) is 30.7 Å². The minimum absolute atomic E-state index is 0. The van der Waals surface area contributed by atoms with E-state index in [0.717, 1.165) is 23.2 Å². The molecule has 0 spiro atoms. The van der Waals surface area contributed by atoms with Crippen LogP contribution in [0.5, 0.6) is 0 Å². The van der Waals surface area contributed by atoms with Crippen LogP contribution in [0.1, 0.15) is 103 Å². The fourth-order valence-electron chi connectivity index (χ4n) is 4.48. The minimum atomic E-state index is -0.417. The Morgan fingerprint density at radius 1 is 0.974 bits per heavy atom. The molecule has 3 rings (SSSR count). The normalized spacial score (nSPS) is 12.2. The van der Waals surface area contributed by atoms with Gasteiger partial charge in [0.15, 0.2) is 5.78 Å². The number of fused-ring (bicyclic) bond motifs is 1. The Hall–Kier alpha value is -2.29. The molecule has 1 heterocycles. The van der Waals surface area contributed by atoms with Crippen molar-refractivity contribution in [2.45, 2.75) is 101 Å². The molecule has 1 N–H and O–H groups in total. The first-order chi connectivity index (χ1) is 17.6. The number of carbonyl (C=O) groups is 1. The Morgan fingerprint density at radius 2 is 1.59 bits per heavy atom. The molecule has 0 fully saturated rings. The summed E-state index contributed by atoms with van der Waals surface area (Å²) in [4.78, 5) is 16.5. The van der Waals surface area contributed by atoms with Crippen LogP contribution in [0.3, 0.4) is 0 Å². The first-order valence-corrected chi connectivity index (χ1v) is 14.0. The van der Waals surface area contributed by atoms with Gasteiger partial charge in [-0.2, -0.15) is 0 Å². The summed E-state index contributed by atoms with van der Waals surface area (Å²) in [6.07, 6.45) is 4.70. The molecule has 0 aliphatic carbocycles. The smallest absolute Gasteiger partial charge is 0.164 e. The summed E-state index contributed by atoms with van der Waals surface area (Å²) in [7, 11) is 0. The van der Waals surface area contributed by atoms with Gasteiger partial charge in [-0.3, -0.25) is 9.78 Å². The third-order valence-corrected chi connectivity index (χ3v) is 6.95. The number of hydrogen-bond donors (Lipinski definition) is 1. The molecule has 215 valence electrons. The third kappa shape index (κ3) is 9.40. The van der Waals surface area contributed by atoms with Gasteiger partial charge in [-0.05, 0) is 48.1 Å². The monoisotopic (exact) mass is 707 g/mol. The molecule has 0 atom stereocenters. The van der Waals surface area contributed by atoms with Crippen molar-refractivity contribution in [2.75, 3.05) is 0 Å². The van der Waals surface area contributed by atoms with Gasteiger partial charge in [0, 0.05) is 42.4 Å². The summed E-state index contributed by atoms with van der Waals surface area (Å²) >= 11 is 0. The predicted molar refractivity (Wildman–Crippen MR) is 163 cm³/mol. The van der Waals surface area contributed by atoms with Gasteiger partial charge in [-0.15, -0.1) is 34.9 Å². The van der Waals surface area contributed by atoms with Crippen LogP contribution in [0.4, 0.5) is 0 Å². The number of rotatable bonds is 6. The zero-order chi connectivity index (χ0) is 28.8. The van der Waals surface area contributed by atoms with Crippen molar-refractivity contribution in [1.29, 1.82) is 0 Å². The summed E-state index contributed by atoms with van der Waals surface area (Å²) in [5, 5.41) is 10.9. The molecule has 4 heteroatoms. The predicted octanol–water partition coefficient (Wildman–Crippen LogP) is 9.87. The molecule has 0 aliphatic rings. The molecule has 1 aromatic heterocycles. The SMILES string of the molecule is CC(C)(C)C(=O)/C=C(\O)C(C)(C)C.CCc1cc(-c2[c-]c(C)cc(C)c2)nc2cccc(C(CC)CC)c12.[Ir]. The van der Waals surface area contributed by atoms with Gasteiger partial charge >= 0.3 is 0 Å². The van der Waals surface area contributed by atoms with Crippen molar-refractivity contribution >= 4 is 16.7 Å². The van der Waals surface area contributed by atoms with E-state index in [0.29, 0.717) is 5.92 Å². The molecule has 1 radical (unpaired) electrons. The Labute approximate surface area is 250 Å². The molecule has 0 saturated carbocycles. The quantitative estimate of drug-likeness (QED) is 0.158. The average Bonchev–Trinajstić information content (AvgIpc) is 2.82. The van der Waals surface area contributed by atoms with Crippen LogP contribution in [0.15, 0.2) is 48.2 Å². The first-order valence-electron chi connectivity index (χ1n) is 14.0. The molecule has 0 unspecified atom stereocenters. The van der Waals surface area contributed by atoms with Gasteiger partial charge in [0.25, 0.3) is 0 Å². The number of benzene rings is 2. The van der Waals surface area contributed by atoms with E-state index in [9.17, 15) is 9.90 Å². The van der Waals surface area contributed by atoms with E-state index >= 15 is 0 Å².